The molecule has 1 atom stereocenters. The van der Waals surface area contributed by atoms with Crippen LogP contribution >= 0.6 is 0 Å². The molecule has 0 spiro atoms. The number of aromatic carboxylic acids is 1. The van der Waals surface area contributed by atoms with Crippen molar-refractivity contribution in [3.63, 3.8) is 0 Å². The lowest BCUT2D eigenvalue weighted by atomic mass is 10.1. The Balaban J connectivity index is 2.29. The number of para-hydroxylation sites is 1. The number of rotatable bonds is 3. The first kappa shape index (κ1) is 14.4. The summed E-state index contributed by atoms with van der Waals surface area (Å²) >= 11 is 0. The van der Waals surface area contributed by atoms with Crippen molar-refractivity contribution in [1.29, 1.82) is 0 Å². The number of β-amino-alcohol motifs (C(OH)–C–C–N with tert-alkyl or cyclic N) is 1. The number of aliphatic hydroxyl groups is 1. The Morgan fingerprint density at radius 2 is 2.15 bits per heavy atom. The quantitative estimate of drug-likeness (QED) is 0.883. The van der Waals surface area contributed by atoms with E-state index in [0.717, 1.165) is 0 Å². The van der Waals surface area contributed by atoms with Crippen molar-refractivity contribution in [1.82, 2.24) is 0 Å². The van der Waals surface area contributed by atoms with Crippen molar-refractivity contribution < 1.29 is 32.9 Å². The number of anilines is 1. The third kappa shape index (κ3) is 2.79. The van der Waals surface area contributed by atoms with E-state index in [4.69, 9.17) is 14.9 Å². The molecule has 1 aromatic rings. The number of carbonyl (C=O) groups is 1. The van der Waals surface area contributed by atoms with Crippen LogP contribution in [0.4, 0.5) is 18.9 Å². The molecule has 1 aliphatic heterocycles. The van der Waals surface area contributed by atoms with Gasteiger partial charge in [-0.05, 0) is 12.1 Å². The van der Waals surface area contributed by atoms with Crippen molar-refractivity contribution in [3.05, 3.63) is 23.8 Å². The summed E-state index contributed by atoms with van der Waals surface area (Å²) in [6.45, 7) is -0.464. The van der Waals surface area contributed by atoms with Gasteiger partial charge in [0.15, 0.2) is 11.9 Å². The van der Waals surface area contributed by atoms with Crippen LogP contribution in [0.5, 0.6) is 5.75 Å². The fourth-order valence-electron chi connectivity index (χ4n) is 1.97. The van der Waals surface area contributed by atoms with E-state index in [2.05, 4.69) is 0 Å². The molecule has 5 nitrogen and oxygen atoms in total. The van der Waals surface area contributed by atoms with Crippen LogP contribution in [-0.4, -0.2) is 48.2 Å². The Morgan fingerprint density at radius 3 is 2.75 bits per heavy atom. The molecule has 0 aliphatic carbocycles. The van der Waals surface area contributed by atoms with Crippen molar-refractivity contribution in [3.8, 4) is 5.75 Å². The number of halogens is 3. The maximum absolute atomic E-state index is 12.4. The zero-order valence-electron chi connectivity index (χ0n) is 10.2. The second-order valence-electron chi connectivity index (χ2n) is 4.31. The Kier molecular flexibility index (Phi) is 3.76. The van der Waals surface area contributed by atoms with Gasteiger partial charge in [-0.1, -0.05) is 6.07 Å². The highest BCUT2D eigenvalue weighted by Gasteiger charge is 2.40. The van der Waals surface area contributed by atoms with Gasteiger partial charge < -0.3 is 19.8 Å². The van der Waals surface area contributed by atoms with Crippen LogP contribution in [0.1, 0.15) is 10.4 Å². The molecule has 1 aromatic carbocycles. The molecule has 2 rings (SSSR count). The van der Waals surface area contributed by atoms with Gasteiger partial charge in [-0.3, -0.25) is 0 Å². The number of carboxylic acids is 1. The Bertz CT molecular complexity index is 518. The van der Waals surface area contributed by atoms with Gasteiger partial charge in [0, 0.05) is 0 Å². The van der Waals surface area contributed by atoms with Gasteiger partial charge in [0.2, 0.25) is 0 Å². The first-order valence-electron chi connectivity index (χ1n) is 5.79. The van der Waals surface area contributed by atoms with Gasteiger partial charge in [0.05, 0.1) is 18.8 Å². The van der Waals surface area contributed by atoms with Crippen LogP contribution in [0.15, 0.2) is 18.2 Å². The van der Waals surface area contributed by atoms with E-state index in [9.17, 15) is 18.0 Å². The van der Waals surface area contributed by atoms with Crippen molar-refractivity contribution >= 4 is 11.7 Å². The smallest absolute Gasteiger partial charge is 0.416 e. The molecule has 0 bridgehead atoms. The molecule has 1 heterocycles. The third-order valence-corrected chi connectivity index (χ3v) is 2.94. The molecular formula is C12H12F3NO4. The summed E-state index contributed by atoms with van der Waals surface area (Å²) in [7, 11) is 0. The lowest BCUT2D eigenvalue weighted by Crippen LogP contribution is -2.44. The maximum atomic E-state index is 12.4. The fourth-order valence-corrected chi connectivity index (χ4v) is 1.97. The summed E-state index contributed by atoms with van der Waals surface area (Å²) in [6, 6.07) is 4.19. The highest BCUT2D eigenvalue weighted by molar-refractivity contribution is 5.93. The molecule has 0 aromatic heterocycles. The average molecular weight is 291 g/mol. The first-order valence-corrected chi connectivity index (χ1v) is 5.79. The highest BCUT2D eigenvalue weighted by atomic mass is 19.4. The zero-order chi connectivity index (χ0) is 14.9. The summed E-state index contributed by atoms with van der Waals surface area (Å²) < 4.78 is 42.4. The molecule has 1 unspecified atom stereocenters. The summed E-state index contributed by atoms with van der Waals surface area (Å²) in [6.07, 6.45) is -7.22. The number of carboxylic acid groups (broad SMARTS) is 1. The lowest BCUT2D eigenvalue weighted by Gasteiger charge is -2.33. The number of fused-ring (bicyclic) bond motifs is 1. The van der Waals surface area contributed by atoms with Crippen LogP contribution < -0.4 is 9.64 Å². The topological polar surface area (TPSA) is 70.0 Å². The average Bonchev–Trinajstić information content (AvgIpc) is 2.37. The third-order valence-electron chi connectivity index (χ3n) is 2.94. The van der Waals surface area contributed by atoms with Crippen LogP contribution in [0, 0.1) is 0 Å². The lowest BCUT2D eigenvalue weighted by molar-refractivity contribution is -0.200. The summed E-state index contributed by atoms with van der Waals surface area (Å²) in [5, 5.41) is 18.1. The van der Waals surface area contributed by atoms with Gasteiger partial charge in [-0.25, -0.2) is 4.79 Å². The van der Waals surface area contributed by atoms with Gasteiger partial charge in [0.25, 0.3) is 0 Å². The SMILES string of the molecule is O=C(O)c1cccc2c1OCCN2CC(O)C(F)(F)F. The standard InChI is InChI=1S/C12H12F3NO4/c13-12(14,15)9(17)6-16-4-5-20-10-7(11(18)19)2-1-3-8(10)16/h1-3,9,17H,4-6H2,(H,18,19). The first-order chi connectivity index (χ1) is 9.30. The molecule has 20 heavy (non-hydrogen) atoms. The number of ether oxygens (including phenoxy) is 1. The molecule has 2 N–H and O–H groups in total. The van der Waals surface area contributed by atoms with Crippen LogP contribution in [0.25, 0.3) is 0 Å². The largest absolute Gasteiger partial charge is 0.489 e. The van der Waals surface area contributed by atoms with Gasteiger partial charge in [0.1, 0.15) is 12.2 Å². The van der Waals surface area contributed by atoms with Crippen molar-refractivity contribution in [2.75, 3.05) is 24.6 Å². The number of hydrogen-bond acceptors (Lipinski definition) is 4. The van der Waals surface area contributed by atoms with E-state index in [-0.39, 0.29) is 30.2 Å². The minimum atomic E-state index is -4.72. The number of alkyl halides is 3. The second-order valence-corrected chi connectivity index (χ2v) is 4.31. The van der Waals surface area contributed by atoms with Crippen molar-refractivity contribution in [2.45, 2.75) is 12.3 Å². The summed E-state index contributed by atoms with van der Waals surface area (Å²) in [4.78, 5) is 12.3. The molecule has 0 radical (unpaired) electrons. The van der Waals surface area contributed by atoms with E-state index < -0.39 is 24.8 Å². The minimum Gasteiger partial charge on any atom is -0.489 e. The second kappa shape index (κ2) is 5.20. The number of hydrogen-bond donors (Lipinski definition) is 2. The Morgan fingerprint density at radius 1 is 1.45 bits per heavy atom. The van der Waals surface area contributed by atoms with Crippen LogP contribution in [-0.2, 0) is 0 Å². The summed E-state index contributed by atoms with van der Waals surface area (Å²) in [5.41, 5.74) is 0.119. The Labute approximate surface area is 112 Å². The highest BCUT2D eigenvalue weighted by Crippen LogP contribution is 2.35. The Hall–Kier alpha value is -1.96. The molecule has 110 valence electrons. The molecule has 0 saturated carbocycles. The normalized spacial score (nSPS) is 16.3. The maximum Gasteiger partial charge on any atom is 0.416 e. The number of nitrogens with zero attached hydrogens (tertiary/aromatic N) is 1. The molecular weight excluding hydrogens is 279 g/mol. The predicted molar refractivity (Wildman–Crippen MR) is 63.2 cm³/mol. The summed E-state index contributed by atoms with van der Waals surface area (Å²) in [5.74, 6) is -1.19. The fraction of sp³-hybridized carbons (Fsp3) is 0.417. The molecule has 8 heteroatoms. The number of benzene rings is 1. The van der Waals surface area contributed by atoms with E-state index in [1.165, 1.54) is 23.1 Å². The minimum absolute atomic E-state index is 0.0284. The van der Waals surface area contributed by atoms with Gasteiger partial charge in [-0.2, -0.15) is 13.2 Å². The van der Waals surface area contributed by atoms with E-state index in [1.54, 1.807) is 0 Å². The van der Waals surface area contributed by atoms with Crippen molar-refractivity contribution in [2.24, 2.45) is 0 Å². The van der Waals surface area contributed by atoms with Gasteiger partial charge in [-0.15, -0.1) is 0 Å². The van der Waals surface area contributed by atoms with E-state index >= 15 is 0 Å². The molecule has 0 saturated heterocycles. The zero-order valence-corrected chi connectivity index (χ0v) is 10.2. The van der Waals surface area contributed by atoms with Crippen LogP contribution in [0.2, 0.25) is 0 Å². The molecule has 0 fully saturated rings. The monoisotopic (exact) mass is 291 g/mol. The van der Waals surface area contributed by atoms with E-state index in [1.807, 2.05) is 0 Å². The molecule has 0 amide bonds. The van der Waals surface area contributed by atoms with Crippen LogP contribution in [0.3, 0.4) is 0 Å². The molecule has 1 aliphatic rings. The predicted octanol–water partition coefficient (Wildman–Crippen LogP) is 1.51. The number of aliphatic hydroxyl groups excluding tert-OH is 1. The van der Waals surface area contributed by atoms with E-state index in [0.29, 0.717) is 0 Å². The van der Waals surface area contributed by atoms with Gasteiger partial charge >= 0.3 is 12.1 Å².